The van der Waals surface area contributed by atoms with Crippen LogP contribution in [-0.2, 0) is 11.2 Å². The van der Waals surface area contributed by atoms with E-state index in [2.05, 4.69) is 0 Å². The van der Waals surface area contributed by atoms with Gasteiger partial charge < -0.3 is 4.74 Å². The van der Waals surface area contributed by atoms with Crippen LogP contribution in [0.5, 0.6) is 5.75 Å². The number of hydrogen-bond acceptors (Lipinski definition) is 4. The Labute approximate surface area is 127 Å². The maximum atomic E-state index is 12.3. The van der Waals surface area contributed by atoms with E-state index < -0.39 is 17.8 Å². The van der Waals surface area contributed by atoms with E-state index in [9.17, 15) is 14.9 Å². The molecule has 0 fully saturated rings. The highest BCUT2D eigenvalue weighted by Crippen LogP contribution is 2.39. The number of para-hydroxylation sites is 1. The van der Waals surface area contributed by atoms with Gasteiger partial charge >= 0.3 is 5.97 Å². The summed E-state index contributed by atoms with van der Waals surface area (Å²) in [6.07, 6.45) is 0.437. The van der Waals surface area contributed by atoms with Crippen LogP contribution in [0.3, 0.4) is 0 Å². The minimum Gasteiger partial charge on any atom is -0.426 e. The van der Waals surface area contributed by atoms with Crippen molar-refractivity contribution in [2.45, 2.75) is 12.3 Å². The van der Waals surface area contributed by atoms with Crippen molar-refractivity contribution >= 4 is 5.97 Å². The molecule has 0 radical (unpaired) electrons. The molecule has 2 aromatic rings. The van der Waals surface area contributed by atoms with Crippen LogP contribution in [0.1, 0.15) is 17.0 Å². The molecule has 0 N–H and O–H groups in total. The Morgan fingerprint density at radius 2 is 1.68 bits per heavy atom. The summed E-state index contributed by atoms with van der Waals surface area (Å²) >= 11 is 0. The number of hydrogen-bond donors (Lipinski definition) is 0. The zero-order valence-corrected chi connectivity index (χ0v) is 11.8. The van der Waals surface area contributed by atoms with Gasteiger partial charge in [0, 0.05) is 10.5 Å². The van der Waals surface area contributed by atoms with Gasteiger partial charge in [-0.25, -0.2) is 0 Å². The van der Waals surface area contributed by atoms with Gasteiger partial charge in [0.1, 0.15) is 5.75 Å². The van der Waals surface area contributed by atoms with Crippen molar-refractivity contribution in [3.05, 3.63) is 75.8 Å². The predicted molar refractivity (Wildman–Crippen MR) is 80.3 cm³/mol. The molecule has 5 nitrogen and oxygen atoms in total. The molecule has 3 rings (SSSR count). The summed E-state index contributed by atoms with van der Waals surface area (Å²) in [5.74, 6) is -0.964. The Balaban J connectivity index is 1.96. The summed E-state index contributed by atoms with van der Waals surface area (Å²) in [7, 11) is 0. The minimum absolute atomic E-state index is 0.274. The fourth-order valence-corrected chi connectivity index (χ4v) is 2.92. The standard InChI is InChI=1S/C17H15NO4/c19-17-14(10-12-6-2-1-3-7-12)15(11-18(20)21)13-8-4-5-9-16(13)22-17/h1-9,14-15H,10-11H2/t14-,15-/m1/s1. The molecular formula is C17H15NO4. The number of carbonyl (C=O) groups is 1. The molecule has 1 aliphatic heterocycles. The number of esters is 1. The summed E-state index contributed by atoms with van der Waals surface area (Å²) in [4.78, 5) is 23.0. The highest BCUT2D eigenvalue weighted by molar-refractivity contribution is 5.79. The zero-order chi connectivity index (χ0) is 15.5. The van der Waals surface area contributed by atoms with Crippen molar-refractivity contribution in [3.63, 3.8) is 0 Å². The first-order valence-electron chi connectivity index (χ1n) is 7.11. The Kier molecular flexibility index (Phi) is 3.87. The Hall–Kier alpha value is -2.69. The Bertz CT molecular complexity index is 699. The summed E-state index contributed by atoms with van der Waals surface area (Å²) in [6, 6.07) is 16.5. The molecule has 22 heavy (non-hydrogen) atoms. The quantitative estimate of drug-likeness (QED) is 0.376. The third-order valence-electron chi connectivity index (χ3n) is 3.96. The lowest BCUT2D eigenvalue weighted by atomic mass is 9.80. The van der Waals surface area contributed by atoms with Crippen LogP contribution in [-0.4, -0.2) is 17.4 Å². The first-order valence-corrected chi connectivity index (χ1v) is 7.11. The van der Waals surface area contributed by atoms with Crippen LogP contribution in [0, 0.1) is 16.0 Å². The second kappa shape index (κ2) is 5.97. The van der Waals surface area contributed by atoms with E-state index in [1.807, 2.05) is 36.4 Å². The number of carbonyl (C=O) groups excluding carboxylic acids is 1. The Morgan fingerprint density at radius 3 is 2.41 bits per heavy atom. The van der Waals surface area contributed by atoms with Gasteiger partial charge in [0.25, 0.3) is 0 Å². The van der Waals surface area contributed by atoms with Crippen molar-refractivity contribution in [1.82, 2.24) is 0 Å². The van der Waals surface area contributed by atoms with E-state index in [1.54, 1.807) is 18.2 Å². The van der Waals surface area contributed by atoms with Crippen molar-refractivity contribution in [2.24, 2.45) is 5.92 Å². The van der Waals surface area contributed by atoms with Crippen LogP contribution < -0.4 is 4.74 Å². The smallest absolute Gasteiger partial charge is 0.315 e. The first kappa shape index (κ1) is 14.3. The zero-order valence-electron chi connectivity index (χ0n) is 11.8. The second-order valence-corrected chi connectivity index (χ2v) is 5.38. The van der Waals surface area contributed by atoms with Crippen molar-refractivity contribution in [3.8, 4) is 5.75 Å². The summed E-state index contributed by atoms with van der Waals surface area (Å²) in [5, 5.41) is 11.0. The van der Waals surface area contributed by atoms with E-state index >= 15 is 0 Å². The molecule has 2 atom stereocenters. The van der Waals surface area contributed by atoms with E-state index in [0.717, 1.165) is 11.1 Å². The van der Waals surface area contributed by atoms with Gasteiger partial charge in [0.15, 0.2) is 0 Å². The minimum atomic E-state index is -0.539. The maximum Gasteiger partial charge on any atom is 0.315 e. The number of nitrogens with zero attached hydrogens (tertiary/aromatic N) is 1. The topological polar surface area (TPSA) is 69.4 Å². The number of fused-ring (bicyclic) bond motifs is 1. The van der Waals surface area contributed by atoms with Crippen LogP contribution in [0.2, 0.25) is 0 Å². The number of rotatable bonds is 4. The summed E-state index contributed by atoms with van der Waals surface area (Å²) < 4.78 is 5.37. The van der Waals surface area contributed by atoms with E-state index in [4.69, 9.17) is 4.74 Å². The average molecular weight is 297 g/mol. The molecule has 1 heterocycles. The van der Waals surface area contributed by atoms with Gasteiger partial charge in [-0.1, -0.05) is 48.5 Å². The van der Waals surface area contributed by atoms with Crippen LogP contribution in [0.4, 0.5) is 0 Å². The van der Waals surface area contributed by atoms with E-state index in [1.165, 1.54) is 0 Å². The highest BCUT2D eigenvalue weighted by atomic mass is 16.6. The summed E-state index contributed by atoms with van der Waals surface area (Å²) in [5.41, 5.74) is 1.71. The fraction of sp³-hybridized carbons (Fsp3) is 0.235. The van der Waals surface area contributed by atoms with Crippen LogP contribution in [0.15, 0.2) is 54.6 Å². The monoisotopic (exact) mass is 297 g/mol. The van der Waals surface area contributed by atoms with Crippen LogP contribution in [0.25, 0.3) is 0 Å². The molecule has 0 saturated heterocycles. The predicted octanol–water partition coefficient (Wildman–Crippen LogP) is 2.82. The van der Waals surface area contributed by atoms with Crippen molar-refractivity contribution in [1.29, 1.82) is 0 Å². The number of ether oxygens (including phenoxy) is 1. The first-order chi connectivity index (χ1) is 10.6. The molecule has 112 valence electrons. The lowest BCUT2D eigenvalue weighted by molar-refractivity contribution is -0.484. The summed E-state index contributed by atoms with van der Waals surface area (Å²) in [6.45, 7) is -0.274. The van der Waals surface area contributed by atoms with Gasteiger partial charge in [-0.05, 0) is 18.1 Å². The van der Waals surface area contributed by atoms with Crippen LogP contribution >= 0.6 is 0 Å². The van der Waals surface area contributed by atoms with Gasteiger partial charge in [0.05, 0.1) is 11.8 Å². The van der Waals surface area contributed by atoms with E-state index in [0.29, 0.717) is 12.2 Å². The molecule has 2 aromatic carbocycles. The van der Waals surface area contributed by atoms with Gasteiger partial charge in [-0.2, -0.15) is 0 Å². The normalized spacial score (nSPS) is 20.1. The van der Waals surface area contributed by atoms with E-state index in [-0.39, 0.29) is 11.5 Å². The largest absolute Gasteiger partial charge is 0.426 e. The lowest BCUT2D eigenvalue weighted by Gasteiger charge is -2.29. The number of nitro groups is 1. The third kappa shape index (κ3) is 2.83. The van der Waals surface area contributed by atoms with Gasteiger partial charge in [0.2, 0.25) is 6.54 Å². The SMILES string of the molecule is O=C1Oc2ccccc2[C@@H](C[N+](=O)[O-])[C@H]1Cc1ccccc1. The second-order valence-electron chi connectivity index (χ2n) is 5.38. The molecule has 5 heteroatoms. The Morgan fingerprint density at radius 1 is 1.00 bits per heavy atom. The molecule has 0 aliphatic carbocycles. The fourth-order valence-electron chi connectivity index (χ4n) is 2.92. The molecule has 0 spiro atoms. The molecule has 0 unspecified atom stereocenters. The van der Waals surface area contributed by atoms with Crippen molar-refractivity contribution in [2.75, 3.05) is 6.54 Å². The highest BCUT2D eigenvalue weighted by Gasteiger charge is 2.40. The molecule has 0 saturated carbocycles. The van der Waals surface area contributed by atoms with Gasteiger partial charge in [-0.3, -0.25) is 14.9 Å². The number of benzene rings is 2. The molecule has 0 bridgehead atoms. The van der Waals surface area contributed by atoms with Crippen molar-refractivity contribution < 1.29 is 14.5 Å². The molecule has 0 amide bonds. The maximum absolute atomic E-state index is 12.3. The molecule has 0 aromatic heterocycles. The third-order valence-corrected chi connectivity index (χ3v) is 3.96. The molecular weight excluding hydrogens is 282 g/mol. The van der Waals surface area contributed by atoms with Gasteiger partial charge in [-0.15, -0.1) is 0 Å². The molecule has 1 aliphatic rings. The average Bonchev–Trinajstić information content (AvgIpc) is 2.51. The lowest BCUT2D eigenvalue weighted by Crippen LogP contribution is -2.36.